The lowest BCUT2D eigenvalue weighted by Gasteiger charge is -2.26. The van der Waals surface area contributed by atoms with Crippen LogP contribution in [0.2, 0.25) is 0 Å². The molecule has 0 radical (unpaired) electrons. The summed E-state index contributed by atoms with van der Waals surface area (Å²) in [5.41, 5.74) is 1.50. The van der Waals surface area contributed by atoms with E-state index in [9.17, 15) is 14.4 Å². The number of hydrogen-bond acceptors (Lipinski definition) is 5. The molecule has 1 aromatic carbocycles. The first kappa shape index (κ1) is 17.0. The molecule has 0 aliphatic carbocycles. The zero-order chi connectivity index (χ0) is 15.2. The topological polar surface area (TPSA) is 84.8 Å². The van der Waals surface area contributed by atoms with E-state index in [0.29, 0.717) is 13.0 Å². The van der Waals surface area contributed by atoms with Crippen molar-refractivity contribution in [1.29, 1.82) is 0 Å². The standard InChI is InChI=1S/C14H24N2O3Si/c1-4-12-8-6-7-9-13(12)10-15-11(3)16-14(5-2)20(17,18)19/h4,6-9,11,14-19H,1,5,10H2,2-3H3. The van der Waals surface area contributed by atoms with Gasteiger partial charge in [-0.05, 0) is 24.5 Å². The van der Waals surface area contributed by atoms with Gasteiger partial charge in [-0.2, -0.15) is 0 Å². The molecule has 6 heteroatoms. The van der Waals surface area contributed by atoms with Crippen LogP contribution >= 0.6 is 0 Å². The van der Waals surface area contributed by atoms with Gasteiger partial charge in [0.05, 0.1) is 11.8 Å². The average molecular weight is 296 g/mol. The SMILES string of the molecule is C=Cc1ccccc1CNC(C)NC(CC)[Si](O)(O)O. The van der Waals surface area contributed by atoms with E-state index in [1.54, 1.807) is 13.0 Å². The Bertz CT molecular complexity index is 435. The summed E-state index contributed by atoms with van der Waals surface area (Å²) in [6, 6.07) is 7.92. The second-order valence-electron chi connectivity index (χ2n) is 4.82. The van der Waals surface area contributed by atoms with Gasteiger partial charge in [-0.1, -0.05) is 43.8 Å². The molecule has 0 aromatic heterocycles. The average Bonchev–Trinajstić information content (AvgIpc) is 2.41. The van der Waals surface area contributed by atoms with Crippen molar-refractivity contribution >= 4 is 14.9 Å². The molecule has 1 aromatic rings. The maximum atomic E-state index is 9.34. The highest BCUT2D eigenvalue weighted by Gasteiger charge is 2.38. The molecule has 0 aliphatic rings. The van der Waals surface area contributed by atoms with E-state index in [1.807, 2.05) is 31.2 Å². The van der Waals surface area contributed by atoms with Crippen LogP contribution in [0.15, 0.2) is 30.8 Å². The van der Waals surface area contributed by atoms with Crippen LogP contribution in [0.4, 0.5) is 0 Å². The third-order valence-electron chi connectivity index (χ3n) is 3.20. The first-order valence-corrected chi connectivity index (χ1v) is 8.67. The van der Waals surface area contributed by atoms with Crippen molar-refractivity contribution in [2.45, 2.75) is 38.6 Å². The Hall–Kier alpha value is -1.02. The maximum absolute atomic E-state index is 9.34. The van der Waals surface area contributed by atoms with Crippen LogP contribution in [-0.4, -0.2) is 35.0 Å². The summed E-state index contributed by atoms with van der Waals surface area (Å²) >= 11 is 0. The van der Waals surface area contributed by atoms with Crippen molar-refractivity contribution in [2.24, 2.45) is 0 Å². The Balaban J connectivity index is 2.55. The van der Waals surface area contributed by atoms with Crippen molar-refractivity contribution in [3.8, 4) is 0 Å². The molecule has 0 saturated heterocycles. The fourth-order valence-electron chi connectivity index (χ4n) is 2.02. The molecule has 0 saturated carbocycles. The van der Waals surface area contributed by atoms with Gasteiger partial charge in [0.1, 0.15) is 0 Å². The lowest BCUT2D eigenvalue weighted by Crippen LogP contribution is -2.60. The summed E-state index contributed by atoms with van der Waals surface area (Å²) in [5, 5.41) is 6.23. The van der Waals surface area contributed by atoms with Gasteiger partial charge in [-0.25, -0.2) is 0 Å². The highest BCUT2D eigenvalue weighted by atomic mass is 28.4. The van der Waals surface area contributed by atoms with Crippen molar-refractivity contribution in [1.82, 2.24) is 10.6 Å². The first-order chi connectivity index (χ1) is 9.38. The normalized spacial score (nSPS) is 14.8. The van der Waals surface area contributed by atoms with Crippen LogP contribution in [0.1, 0.15) is 31.4 Å². The second-order valence-corrected chi connectivity index (χ2v) is 6.89. The third-order valence-corrected chi connectivity index (χ3v) is 4.71. The van der Waals surface area contributed by atoms with E-state index < -0.39 is 14.5 Å². The molecule has 0 bridgehead atoms. The Labute approximate surface area is 121 Å². The molecule has 2 unspecified atom stereocenters. The molecule has 0 fully saturated rings. The van der Waals surface area contributed by atoms with Crippen molar-refractivity contribution in [2.75, 3.05) is 0 Å². The van der Waals surface area contributed by atoms with Gasteiger partial charge < -0.3 is 14.4 Å². The number of hydrogen-bond donors (Lipinski definition) is 5. The van der Waals surface area contributed by atoms with Gasteiger partial charge >= 0.3 is 8.80 Å². The highest BCUT2D eigenvalue weighted by Crippen LogP contribution is 2.10. The van der Waals surface area contributed by atoms with Crippen molar-refractivity contribution in [3.63, 3.8) is 0 Å². The minimum atomic E-state index is -4.14. The Morgan fingerprint density at radius 3 is 2.50 bits per heavy atom. The smallest absolute Gasteiger partial charge is 0.389 e. The highest BCUT2D eigenvalue weighted by molar-refractivity contribution is 6.58. The summed E-state index contributed by atoms with van der Waals surface area (Å²) in [6.45, 7) is 8.07. The molecule has 20 heavy (non-hydrogen) atoms. The van der Waals surface area contributed by atoms with E-state index in [4.69, 9.17) is 0 Å². The van der Waals surface area contributed by atoms with Crippen molar-refractivity contribution in [3.05, 3.63) is 42.0 Å². The number of nitrogens with one attached hydrogen (secondary N) is 2. The molecule has 2 atom stereocenters. The van der Waals surface area contributed by atoms with Crippen LogP contribution in [-0.2, 0) is 6.54 Å². The quantitative estimate of drug-likeness (QED) is 0.358. The fourth-order valence-corrected chi connectivity index (χ4v) is 3.04. The zero-order valence-corrected chi connectivity index (χ0v) is 13.0. The van der Waals surface area contributed by atoms with Gasteiger partial charge in [0.25, 0.3) is 0 Å². The third kappa shape index (κ3) is 5.16. The van der Waals surface area contributed by atoms with E-state index in [0.717, 1.165) is 11.1 Å². The van der Waals surface area contributed by atoms with Gasteiger partial charge in [0.2, 0.25) is 0 Å². The fraction of sp³-hybridized carbons (Fsp3) is 0.429. The Kier molecular flexibility index (Phi) is 6.54. The van der Waals surface area contributed by atoms with Gasteiger partial charge in [-0.3, -0.25) is 10.6 Å². The molecule has 0 aliphatic heterocycles. The van der Waals surface area contributed by atoms with Crippen LogP contribution in [0.3, 0.4) is 0 Å². The summed E-state index contributed by atoms with van der Waals surface area (Å²) in [6.07, 6.45) is 2.10. The Morgan fingerprint density at radius 1 is 1.30 bits per heavy atom. The molecule has 0 heterocycles. The number of rotatable bonds is 8. The zero-order valence-electron chi connectivity index (χ0n) is 12.0. The second kappa shape index (κ2) is 7.68. The van der Waals surface area contributed by atoms with E-state index in [1.165, 1.54) is 0 Å². The number of benzene rings is 1. The van der Waals surface area contributed by atoms with Crippen LogP contribution < -0.4 is 10.6 Å². The van der Waals surface area contributed by atoms with Crippen LogP contribution in [0.5, 0.6) is 0 Å². The molecule has 112 valence electrons. The monoisotopic (exact) mass is 296 g/mol. The van der Waals surface area contributed by atoms with Crippen LogP contribution in [0, 0.1) is 0 Å². The van der Waals surface area contributed by atoms with Gasteiger partial charge in [0, 0.05) is 6.54 Å². The maximum Gasteiger partial charge on any atom is 0.510 e. The lowest BCUT2D eigenvalue weighted by molar-refractivity contribution is 0.193. The Morgan fingerprint density at radius 2 is 1.95 bits per heavy atom. The predicted octanol–water partition coefficient (Wildman–Crippen LogP) is 0.588. The van der Waals surface area contributed by atoms with Crippen molar-refractivity contribution < 1.29 is 14.4 Å². The van der Waals surface area contributed by atoms with Crippen LogP contribution in [0.25, 0.3) is 6.08 Å². The van der Waals surface area contributed by atoms with E-state index >= 15 is 0 Å². The summed E-state index contributed by atoms with van der Waals surface area (Å²) in [5.74, 6) is 0. The molecule has 5 nitrogen and oxygen atoms in total. The predicted molar refractivity (Wildman–Crippen MR) is 82.5 cm³/mol. The minimum Gasteiger partial charge on any atom is -0.389 e. The molecule has 1 rings (SSSR count). The largest absolute Gasteiger partial charge is 0.510 e. The van der Waals surface area contributed by atoms with E-state index in [2.05, 4.69) is 17.2 Å². The summed E-state index contributed by atoms with van der Waals surface area (Å²) in [4.78, 5) is 28.0. The minimum absolute atomic E-state index is 0.156. The lowest BCUT2D eigenvalue weighted by atomic mass is 10.1. The molecule has 0 spiro atoms. The summed E-state index contributed by atoms with van der Waals surface area (Å²) < 4.78 is 0. The van der Waals surface area contributed by atoms with Gasteiger partial charge in [-0.15, -0.1) is 0 Å². The molecule has 0 amide bonds. The molecule has 5 N–H and O–H groups in total. The first-order valence-electron chi connectivity index (χ1n) is 6.75. The van der Waals surface area contributed by atoms with E-state index in [-0.39, 0.29) is 6.17 Å². The molecular formula is C14H24N2O3Si. The summed E-state index contributed by atoms with van der Waals surface area (Å²) in [7, 11) is -4.14. The molecular weight excluding hydrogens is 272 g/mol. The van der Waals surface area contributed by atoms with Gasteiger partial charge in [0.15, 0.2) is 0 Å².